The molecule has 0 amide bonds. The second kappa shape index (κ2) is 11.5. The zero-order chi connectivity index (χ0) is 23.0. The second-order valence-electron chi connectivity index (χ2n) is 9.97. The van der Waals surface area contributed by atoms with E-state index in [2.05, 4.69) is 52.8 Å². The van der Waals surface area contributed by atoms with Crippen LogP contribution in [-0.2, 0) is 17.8 Å². The van der Waals surface area contributed by atoms with Gasteiger partial charge >= 0.3 is 14.5 Å². The summed E-state index contributed by atoms with van der Waals surface area (Å²) in [5, 5.41) is 0. The maximum absolute atomic E-state index is 12.4. The van der Waals surface area contributed by atoms with Crippen LogP contribution in [0.1, 0.15) is 43.0 Å². The van der Waals surface area contributed by atoms with Crippen LogP contribution in [0.2, 0.25) is 51.9 Å². The third-order valence-electron chi connectivity index (χ3n) is 4.31. The molecule has 0 aromatic heterocycles. The van der Waals surface area contributed by atoms with Crippen LogP contribution in [0.15, 0.2) is 30.3 Å². The van der Waals surface area contributed by atoms with Gasteiger partial charge in [0.2, 0.25) is 0 Å². The Bertz CT molecular complexity index is 664. The van der Waals surface area contributed by atoms with Crippen LogP contribution in [0.3, 0.4) is 0 Å². The smallest absolute Gasteiger partial charge is 0.379 e. The molecule has 170 valence electrons. The summed E-state index contributed by atoms with van der Waals surface area (Å²) >= 11 is 0. The Kier molecular flexibility index (Phi) is 10.4. The number of hydrogen-bond acceptors (Lipinski definition) is 5. The third-order valence-corrected chi connectivity index (χ3v) is 13.9. The number of carbonyl (C=O) groups is 2. The van der Waals surface area contributed by atoms with Gasteiger partial charge in [-0.05, 0) is 71.1 Å². The van der Waals surface area contributed by atoms with Gasteiger partial charge in [-0.25, -0.2) is 4.79 Å². The van der Waals surface area contributed by atoms with Crippen molar-refractivity contribution < 1.29 is 22.6 Å². The van der Waals surface area contributed by atoms with Gasteiger partial charge in [0.05, 0.1) is 0 Å². The third kappa shape index (κ3) is 10.8. The number of carbonyl (C=O) groups excluding carboxylic acids is 2. The zero-order valence-electron chi connectivity index (χ0n) is 20.0. The second-order valence-corrected chi connectivity index (χ2v) is 22.8. The monoisotopic (exact) mass is 468 g/mol. The summed E-state index contributed by atoms with van der Waals surface area (Å²) in [5.41, 5.74) is 0.366. The van der Waals surface area contributed by atoms with E-state index in [1.54, 1.807) is 24.3 Å². The molecule has 0 bridgehead atoms. The van der Waals surface area contributed by atoms with Crippen molar-refractivity contribution in [3.8, 4) is 0 Å². The standard InChI is InChI=1S/C22H40O5Si3/c1-9-14-20(25-22(24)21(23)19-15-11-10-12-16-19)17-13-18-30(8,26-28(2,3)4)27-29(5,6)7/h10-12,15-16,20H,9,13-14,17-18H2,1-8H3. The Morgan fingerprint density at radius 2 is 1.40 bits per heavy atom. The number of esters is 1. The van der Waals surface area contributed by atoms with Crippen molar-refractivity contribution in [2.45, 2.75) is 90.6 Å². The van der Waals surface area contributed by atoms with Crippen LogP contribution in [-0.4, -0.2) is 43.1 Å². The fourth-order valence-electron chi connectivity index (χ4n) is 3.57. The molecular formula is C22H40O5Si3. The molecule has 0 aliphatic heterocycles. The van der Waals surface area contributed by atoms with Crippen molar-refractivity contribution in [3.05, 3.63) is 35.9 Å². The summed E-state index contributed by atoms with van der Waals surface area (Å²) in [5.74, 6) is -1.35. The van der Waals surface area contributed by atoms with Crippen molar-refractivity contribution in [2.75, 3.05) is 0 Å². The minimum atomic E-state index is -2.31. The van der Waals surface area contributed by atoms with Crippen LogP contribution in [0, 0.1) is 0 Å². The van der Waals surface area contributed by atoms with E-state index in [0.29, 0.717) is 12.0 Å². The fraction of sp³-hybridized carbons (Fsp3) is 0.636. The zero-order valence-corrected chi connectivity index (χ0v) is 23.0. The van der Waals surface area contributed by atoms with Crippen molar-refractivity contribution in [2.24, 2.45) is 0 Å². The van der Waals surface area contributed by atoms with Gasteiger partial charge in [0.1, 0.15) is 6.10 Å². The summed E-state index contributed by atoms with van der Waals surface area (Å²) in [7, 11) is -5.78. The number of rotatable bonds is 13. The molecule has 8 heteroatoms. The summed E-state index contributed by atoms with van der Waals surface area (Å²) in [4.78, 5) is 24.7. The van der Waals surface area contributed by atoms with Gasteiger partial charge in [0, 0.05) is 5.56 Å². The number of ether oxygens (including phenoxy) is 1. The summed E-state index contributed by atoms with van der Waals surface area (Å²) in [6.07, 6.45) is 2.95. The topological polar surface area (TPSA) is 61.8 Å². The Hall–Kier alpha value is -1.07. The average molecular weight is 469 g/mol. The lowest BCUT2D eigenvalue weighted by Gasteiger charge is -2.38. The molecule has 1 unspecified atom stereocenters. The summed E-state index contributed by atoms with van der Waals surface area (Å²) in [6, 6.07) is 9.44. The molecule has 0 N–H and O–H groups in total. The highest BCUT2D eigenvalue weighted by Gasteiger charge is 2.40. The molecule has 0 aliphatic rings. The maximum Gasteiger partial charge on any atom is 0.379 e. The molecule has 1 rings (SSSR count). The van der Waals surface area contributed by atoms with E-state index in [0.717, 1.165) is 25.3 Å². The highest BCUT2D eigenvalue weighted by Crippen LogP contribution is 2.27. The first-order valence-corrected chi connectivity index (χ1v) is 20.3. The molecular weight excluding hydrogens is 428 g/mol. The van der Waals surface area contributed by atoms with Crippen molar-refractivity contribution in [3.63, 3.8) is 0 Å². The molecule has 1 aromatic carbocycles. The predicted molar refractivity (Wildman–Crippen MR) is 130 cm³/mol. The molecule has 0 spiro atoms. The normalized spacial score (nSPS) is 13.7. The maximum atomic E-state index is 12.4. The van der Waals surface area contributed by atoms with Crippen LogP contribution >= 0.6 is 0 Å². The lowest BCUT2D eigenvalue weighted by molar-refractivity contribution is -0.143. The molecule has 30 heavy (non-hydrogen) atoms. The number of ketones is 1. The van der Waals surface area contributed by atoms with E-state index in [1.807, 2.05) is 6.07 Å². The first kappa shape index (κ1) is 27.0. The molecule has 0 saturated carbocycles. The Morgan fingerprint density at radius 3 is 1.87 bits per heavy atom. The molecule has 0 saturated heterocycles. The SMILES string of the molecule is CCCC(CCC[Si](C)(O[Si](C)(C)C)O[Si](C)(C)C)OC(=O)C(=O)c1ccccc1. The van der Waals surface area contributed by atoms with Gasteiger partial charge in [-0.2, -0.15) is 0 Å². The van der Waals surface area contributed by atoms with E-state index in [1.165, 1.54) is 0 Å². The predicted octanol–water partition coefficient (Wildman–Crippen LogP) is 6.14. The van der Waals surface area contributed by atoms with Crippen LogP contribution < -0.4 is 0 Å². The summed E-state index contributed by atoms with van der Waals surface area (Å²) < 4.78 is 18.7. The van der Waals surface area contributed by atoms with E-state index < -0.39 is 36.9 Å². The van der Waals surface area contributed by atoms with Crippen LogP contribution in [0.4, 0.5) is 0 Å². The number of hydrogen-bond donors (Lipinski definition) is 0. The first-order chi connectivity index (χ1) is 13.7. The molecule has 0 radical (unpaired) electrons. The lowest BCUT2D eigenvalue weighted by atomic mass is 10.1. The highest BCUT2D eigenvalue weighted by atomic mass is 28.5. The molecule has 5 nitrogen and oxygen atoms in total. The van der Waals surface area contributed by atoms with Crippen molar-refractivity contribution >= 4 is 36.9 Å². The van der Waals surface area contributed by atoms with E-state index in [-0.39, 0.29) is 6.10 Å². The Morgan fingerprint density at radius 1 is 0.867 bits per heavy atom. The lowest BCUT2D eigenvalue weighted by Crippen LogP contribution is -2.52. The molecule has 0 fully saturated rings. The van der Waals surface area contributed by atoms with Gasteiger partial charge in [-0.1, -0.05) is 43.7 Å². The molecule has 1 aromatic rings. The van der Waals surface area contributed by atoms with Gasteiger partial charge in [-0.15, -0.1) is 0 Å². The van der Waals surface area contributed by atoms with Crippen LogP contribution in [0.25, 0.3) is 0 Å². The highest BCUT2D eigenvalue weighted by molar-refractivity contribution is 6.87. The molecule has 1 atom stereocenters. The van der Waals surface area contributed by atoms with E-state index in [9.17, 15) is 9.59 Å². The minimum absolute atomic E-state index is 0.257. The van der Waals surface area contributed by atoms with Gasteiger partial charge in [0.25, 0.3) is 5.78 Å². The Balaban J connectivity index is 2.73. The van der Waals surface area contributed by atoms with E-state index >= 15 is 0 Å². The summed E-state index contributed by atoms with van der Waals surface area (Å²) in [6.45, 7) is 17.4. The minimum Gasteiger partial charge on any atom is -0.456 e. The Labute approximate surface area is 186 Å². The quantitative estimate of drug-likeness (QED) is 0.151. The molecule has 0 heterocycles. The number of Topliss-reactive ketones (excluding diaryl/α,β-unsaturated/α-hetero) is 1. The van der Waals surface area contributed by atoms with E-state index in [4.69, 9.17) is 13.0 Å². The van der Waals surface area contributed by atoms with Gasteiger partial charge in [0.15, 0.2) is 16.6 Å². The van der Waals surface area contributed by atoms with Crippen molar-refractivity contribution in [1.29, 1.82) is 0 Å². The first-order valence-electron chi connectivity index (χ1n) is 11.0. The van der Waals surface area contributed by atoms with Gasteiger partial charge < -0.3 is 13.0 Å². The number of benzene rings is 1. The fourth-order valence-corrected chi connectivity index (χ4v) is 16.1. The van der Waals surface area contributed by atoms with Crippen molar-refractivity contribution in [1.82, 2.24) is 0 Å². The molecule has 0 aliphatic carbocycles. The van der Waals surface area contributed by atoms with Crippen LogP contribution in [0.5, 0.6) is 0 Å². The largest absolute Gasteiger partial charge is 0.456 e. The van der Waals surface area contributed by atoms with Gasteiger partial charge in [-0.3, -0.25) is 4.79 Å². The average Bonchev–Trinajstić information content (AvgIpc) is 2.58.